The van der Waals surface area contributed by atoms with Crippen LogP contribution >= 0.6 is 12.4 Å². The lowest BCUT2D eigenvalue weighted by Crippen LogP contribution is -2.32. The monoisotopic (exact) mass is 195 g/mol. The molecule has 0 spiro atoms. The molecule has 4 heteroatoms. The number of halogens is 1. The first kappa shape index (κ1) is 12.2. The Kier molecular flexibility index (Phi) is 4.48. The van der Waals surface area contributed by atoms with Crippen LogP contribution in [0.1, 0.15) is 20.3 Å². The van der Waals surface area contributed by atoms with Crippen LogP contribution in [0.25, 0.3) is 0 Å². The van der Waals surface area contributed by atoms with Crippen molar-refractivity contribution in [1.29, 1.82) is 0 Å². The Morgan fingerprint density at radius 1 is 1.25 bits per heavy atom. The Hall–Kier alpha value is 0.170. The van der Waals surface area contributed by atoms with Crippen LogP contribution in [0, 0.1) is 5.41 Å². The number of nitrogens with one attached hydrogen (secondary N) is 1. The number of aliphatic hydroxyl groups is 2. The highest BCUT2D eigenvalue weighted by atomic mass is 35.5. The topological polar surface area (TPSA) is 52.5 Å². The SMILES string of the molecule is CC1(C)CNC[C@@H](O)[C@@H](O)C1.Cl. The molecule has 0 aliphatic carbocycles. The molecule has 1 aliphatic rings. The molecular weight excluding hydrogens is 178 g/mol. The normalized spacial score (nSPS) is 35.0. The van der Waals surface area contributed by atoms with Crippen LogP contribution in [0.3, 0.4) is 0 Å². The van der Waals surface area contributed by atoms with Crippen molar-refractivity contribution in [3.8, 4) is 0 Å². The first-order valence-corrected chi connectivity index (χ1v) is 4.08. The molecule has 1 saturated heterocycles. The Labute approximate surface area is 79.6 Å². The van der Waals surface area contributed by atoms with Crippen molar-refractivity contribution in [3.63, 3.8) is 0 Å². The van der Waals surface area contributed by atoms with Gasteiger partial charge in [0, 0.05) is 13.1 Å². The van der Waals surface area contributed by atoms with E-state index >= 15 is 0 Å². The highest BCUT2D eigenvalue weighted by Gasteiger charge is 2.29. The Bertz CT molecular complexity index is 141. The molecule has 3 N–H and O–H groups in total. The lowest BCUT2D eigenvalue weighted by molar-refractivity contribution is 0.0100. The van der Waals surface area contributed by atoms with E-state index in [1.165, 1.54) is 0 Å². The smallest absolute Gasteiger partial charge is 0.0923 e. The van der Waals surface area contributed by atoms with Crippen LogP contribution in [-0.2, 0) is 0 Å². The first-order chi connectivity index (χ1) is 5.01. The Balaban J connectivity index is 0.00000121. The highest BCUT2D eigenvalue weighted by Crippen LogP contribution is 2.24. The molecule has 0 aromatic rings. The lowest BCUT2D eigenvalue weighted by Gasteiger charge is -2.24. The fraction of sp³-hybridized carbons (Fsp3) is 1.00. The van der Waals surface area contributed by atoms with Gasteiger partial charge in [0.15, 0.2) is 0 Å². The van der Waals surface area contributed by atoms with Gasteiger partial charge in [-0.25, -0.2) is 0 Å². The van der Waals surface area contributed by atoms with Crippen LogP contribution in [0.4, 0.5) is 0 Å². The maximum Gasteiger partial charge on any atom is 0.0923 e. The Morgan fingerprint density at radius 2 is 1.83 bits per heavy atom. The van der Waals surface area contributed by atoms with Gasteiger partial charge in [0.2, 0.25) is 0 Å². The van der Waals surface area contributed by atoms with Gasteiger partial charge in [-0.15, -0.1) is 12.4 Å². The number of hydrogen-bond acceptors (Lipinski definition) is 3. The van der Waals surface area contributed by atoms with E-state index in [1.54, 1.807) is 0 Å². The molecule has 1 fully saturated rings. The quantitative estimate of drug-likeness (QED) is 0.516. The predicted molar refractivity (Wildman–Crippen MR) is 50.5 cm³/mol. The number of aliphatic hydroxyl groups excluding tert-OH is 2. The van der Waals surface area contributed by atoms with E-state index < -0.39 is 12.2 Å². The zero-order valence-corrected chi connectivity index (χ0v) is 8.40. The molecule has 2 atom stereocenters. The zero-order chi connectivity index (χ0) is 8.48. The lowest BCUT2D eigenvalue weighted by atomic mass is 9.87. The fourth-order valence-corrected chi connectivity index (χ4v) is 1.47. The predicted octanol–water partition coefficient (Wildman–Crippen LogP) is 0.149. The second-order valence-electron chi connectivity index (χ2n) is 4.13. The summed E-state index contributed by atoms with van der Waals surface area (Å²) in [6, 6.07) is 0. The summed E-state index contributed by atoms with van der Waals surface area (Å²) in [6.07, 6.45) is -0.502. The summed E-state index contributed by atoms with van der Waals surface area (Å²) in [6.45, 7) is 5.54. The van der Waals surface area contributed by atoms with Gasteiger partial charge in [-0.1, -0.05) is 13.8 Å². The van der Waals surface area contributed by atoms with Crippen molar-refractivity contribution in [3.05, 3.63) is 0 Å². The molecule has 0 aromatic heterocycles. The molecule has 0 saturated carbocycles. The summed E-state index contributed by atoms with van der Waals surface area (Å²) >= 11 is 0. The van der Waals surface area contributed by atoms with Crippen molar-refractivity contribution in [2.75, 3.05) is 13.1 Å². The Morgan fingerprint density at radius 3 is 2.42 bits per heavy atom. The molecule has 1 heterocycles. The molecule has 0 radical (unpaired) electrons. The molecule has 3 nitrogen and oxygen atoms in total. The second kappa shape index (κ2) is 4.42. The number of β-amino-alcohol motifs (C(OH)–C–C–N with tert-alkyl or cyclic N) is 1. The van der Waals surface area contributed by atoms with Gasteiger partial charge in [-0.2, -0.15) is 0 Å². The summed E-state index contributed by atoms with van der Waals surface area (Å²) in [5, 5.41) is 21.8. The van der Waals surface area contributed by atoms with Gasteiger partial charge < -0.3 is 15.5 Å². The minimum atomic E-state index is -0.600. The van der Waals surface area contributed by atoms with E-state index in [4.69, 9.17) is 0 Å². The van der Waals surface area contributed by atoms with E-state index in [1.807, 2.05) is 0 Å². The summed E-state index contributed by atoms with van der Waals surface area (Å²) in [5.74, 6) is 0. The largest absolute Gasteiger partial charge is 0.390 e. The first-order valence-electron chi connectivity index (χ1n) is 4.08. The van der Waals surface area contributed by atoms with Crippen LogP contribution in [-0.4, -0.2) is 35.5 Å². The van der Waals surface area contributed by atoms with E-state index in [2.05, 4.69) is 19.2 Å². The average Bonchev–Trinajstić information content (AvgIpc) is 1.93. The van der Waals surface area contributed by atoms with Crippen LogP contribution in [0.5, 0.6) is 0 Å². The molecule has 0 bridgehead atoms. The van der Waals surface area contributed by atoms with E-state index in [-0.39, 0.29) is 17.8 Å². The van der Waals surface area contributed by atoms with Crippen LogP contribution in [0.15, 0.2) is 0 Å². The molecule has 12 heavy (non-hydrogen) atoms. The summed E-state index contributed by atoms with van der Waals surface area (Å²) < 4.78 is 0. The van der Waals surface area contributed by atoms with E-state index in [0.29, 0.717) is 13.0 Å². The van der Waals surface area contributed by atoms with Gasteiger partial charge in [0.25, 0.3) is 0 Å². The van der Waals surface area contributed by atoms with Crippen LogP contribution < -0.4 is 5.32 Å². The van der Waals surface area contributed by atoms with Crippen molar-refractivity contribution in [1.82, 2.24) is 5.32 Å². The van der Waals surface area contributed by atoms with Crippen molar-refractivity contribution in [2.24, 2.45) is 5.41 Å². The van der Waals surface area contributed by atoms with E-state index in [0.717, 1.165) is 6.54 Å². The zero-order valence-electron chi connectivity index (χ0n) is 7.58. The van der Waals surface area contributed by atoms with Crippen molar-refractivity contribution in [2.45, 2.75) is 32.5 Å². The highest BCUT2D eigenvalue weighted by molar-refractivity contribution is 5.85. The third-order valence-corrected chi connectivity index (χ3v) is 2.16. The average molecular weight is 196 g/mol. The molecular formula is C8H18ClNO2. The van der Waals surface area contributed by atoms with Gasteiger partial charge in [0.1, 0.15) is 0 Å². The molecule has 0 amide bonds. The minimum absolute atomic E-state index is 0. The summed E-state index contributed by atoms with van der Waals surface area (Å²) in [5.41, 5.74) is 0.0941. The maximum absolute atomic E-state index is 9.40. The summed E-state index contributed by atoms with van der Waals surface area (Å²) in [7, 11) is 0. The van der Waals surface area contributed by atoms with Crippen LogP contribution in [0.2, 0.25) is 0 Å². The third kappa shape index (κ3) is 3.27. The second-order valence-corrected chi connectivity index (χ2v) is 4.13. The third-order valence-electron chi connectivity index (χ3n) is 2.16. The molecule has 0 unspecified atom stereocenters. The molecule has 0 aromatic carbocycles. The minimum Gasteiger partial charge on any atom is -0.390 e. The van der Waals surface area contributed by atoms with Gasteiger partial charge in [-0.3, -0.25) is 0 Å². The van der Waals surface area contributed by atoms with Gasteiger partial charge in [0.05, 0.1) is 12.2 Å². The molecule has 1 rings (SSSR count). The van der Waals surface area contributed by atoms with E-state index in [9.17, 15) is 10.2 Å². The van der Waals surface area contributed by atoms with Crippen molar-refractivity contribution < 1.29 is 10.2 Å². The molecule has 1 aliphatic heterocycles. The fourth-order valence-electron chi connectivity index (χ4n) is 1.47. The number of hydrogen-bond donors (Lipinski definition) is 3. The van der Waals surface area contributed by atoms with Gasteiger partial charge in [-0.05, 0) is 11.8 Å². The van der Waals surface area contributed by atoms with Gasteiger partial charge >= 0.3 is 0 Å². The number of rotatable bonds is 0. The standard InChI is InChI=1S/C8H17NO2.ClH/c1-8(2)3-6(10)7(11)4-9-5-8;/h6-7,9-11H,3-5H2,1-2H3;1H/t6-,7+;/m0./s1. The molecule has 74 valence electrons. The van der Waals surface area contributed by atoms with Crippen molar-refractivity contribution >= 4 is 12.4 Å². The summed E-state index contributed by atoms with van der Waals surface area (Å²) in [4.78, 5) is 0. The maximum atomic E-state index is 9.40.